The van der Waals surface area contributed by atoms with Crippen LogP contribution in [0.25, 0.3) is 0 Å². The van der Waals surface area contributed by atoms with Gasteiger partial charge in [-0.3, -0.25) is 0 Å². The Morgan fingerprint density at radius 1 is 1.00 bits per heavy atom. The molecule has 0 unspecified atom stereocenters. The van der Waals surface area contributed by atoms with Gasteiger partial charge in [-0.1, -0.05) is 0 Å². The summed E-state index contributed by atoms with van der Waals surface area (Å²) in [4.78, 5) is 0. The normalized spacial score (nSPS) is 21.9. The van der Waals surface area contributed by atoms with E-state index in [2.05, 4.69) is 10.6 Å². The number of hydrogen-bond donors (Lipinski definition) is 2. The summed E-state index contributed by atoms with van der Waals surface area (Å²) in [6.07, 6.45) is 8.60. The highest BCUT2D eigenvalue weighted by Crippen LogP contribution is 2.44. The van der Waals surface area contributed by atoms with Crippen LogP contribution in [-0.4, -0.2) is 26.2 Å². The molecule has 2 aliphatic rings. The maximum atomic E-state index is 3.77. The Hall–Kier alpha value is -0.0800. The first-order valence-electron chi connectivity index (χ1n) is 6.30. The summed E-state index contributed by atoms with van der Waals surface area (Å²) in [5.74, 6) is 2.10. The quantitative estimate of drug-likeness (QED) is 0.578. The van der Waals surface area contributed by atoms with E-state index < -0.39 is 0 Å². The van der Waals surface area contributed by atoms with Gasteiger partial charge in [-0.2, -0.15) is 0 Å². The third-order valence-electron chi connectivity index (χ3n) is 3.49. The Morgan fingerprint density at radius 3 is 2.07 bits per heavy atom. The molecule has 0 saturated heterocycles. The van der Waals surface area contributed by atoms with E-state index in [1.165, 1.54) is 51.6 Å². The molecule has 2 fully saturated rings. The molecule has 0 heterocycles. The Balaban J connectivity index is 1.53. The molecule has 0 aromatic rings. The van der Waals surface area contributed by atoms with Crippen molar-refractivity contribution in [3.05, 3.63) is 0 Å². The fourth-order valence-corrected chi connectivity index (χ4v) is 2.32. The number of nitrogens with one attached hydrogen (secondary N) is 2. The van der Waals surface area contributed by atoms with Crippen molar-refractivity contribution < 1.29 is 0 Å². The van der Waals surface area contributed by atoms with Gasteiger partial charge in [0, 0.05) is 6.04 Å². The minimum Gasteiger partial charge on any atom is -0.320 e. The maximum absolute atomic E-state index is 3.77. The van der Waals surface area contributed by atoms with Crippen LogP contribution < -0.4 is 10.6 Å². The first kappa shape index (κ1) is 10.4. The average Bonchev–Trinajstić information content (AvgIpc) is 3.03. The van der Waals surface area contributed by atoms with E-state index in [4.69, 9.17) is 0 Å². The lowest BCUT2D eigenvalue weighted by Crippen LogP contribution is -2.34. The standard InChI is InChI=1S/C12H24N2/c1-13-8-2-3-9-14-12(10-4-5-10)11-6-7-11/h10-14H,2-9H2,1H3. The monoisotopic (exact) mass is 196 g/mol. The zero-order valence-electron chi connectivity index (χ0n) is 9.39. The molecular weight excluding hydrogens is 172 g/mol. The minimum absolute atomic E-state index is 0.893. The second kappa shape index (κ2) is 5.13. The smallest absolute Gasteiger partial charge is 0.0124 e. The highest BCUT2D eigenvalue weighted by atomic mass is 14.9. The van der Waals surface area contributed by atoms with Crippen molar-refractivity contribution in [1.82, 2.24) is 10.6 Å². The van der Waals surface area contributed by atoms with E-state index in [0.29, 0.717) is 0 Å². The van der Waals surface area contributed by atoms with Gasteiger partial charge in [-0.25, -0.2) is 0 Å². The van der Waals surface area contributed by atoms with E-state index in [-0.39, 0.29) is 0 Å². The van der Waals surface area contributed by atoms with Gasteiger partial charge >= 0.3 is 0 Å². The van der Waals surface area contributed by atoms with Gasteiger partial charge in [0.05, 0.1) is 0 Å². The molecule has 0 bridgehead atoms. The van der Waals surface area contributed by atoms with Crippen molar-refractivity contribution in [1.29, 1.82) is 0 Å². The molecule has 2 nitrogen and oxygen atoms in total. The summed E-state index contributed by atoms with van der Waals surface area (Å²) in [5, 5.41) is 6.97. The van der Waals surface area contributed by atoms with Gasteiger partial charge in [-0.15, -0.1) is 0 Å². The highest BCUT2D eigenvalue weighted by Gasteiger charge is 2.40. The molecule has 82 valence electrons. The van der Waals surface area contributed by atoms with E-state index in [0.717, 1.165) is 17.9 Å². The van der Waals surface area contributed by atoms with Crippen molar-refractivity contribution in [3.8, 4) is 0 Å². The van der Waals surface area contributed by atoms with Crippen molar-refractivity contribution in [2.75, 3.05) is 20.1 Å². The van der Waals surface area contributed by atoms with Crippen LogP contribution in [0.2, 0.25) is 0 Å². The van der Waals surface area contributed by atoms with Crippen molar-refractivity contribution in [2.45, 2.75) is 44.6 Å². The topological polar surface area (TPSA) is 24.1 Å². The Labute approximate surface area is 87.8 Å². The molecule has 2 aliphatic carbocycles. The summed E-state index contributed by atoms with van der Waals surface area (Å²) in [6, 6.07) is 0.893. The molecular formula is C12H24N2. The van der Waals surface area contributed by atoms with Gasteiger partial charge in [0.1, 0.15) is 0 Å². The van der Waals surface area contributed by atoms with Crippen LogP contribution >= 0.6 is 0 Å². The Bertz CT molecular complexity index is 150. The zero-order chi connectivity index (χ0) is 9.80. The summed E-state index contributed by atoms with van der Waals surface area (Å²) in [6.45, 7) is 2.40. The molecule has 2 N–H and O–H groups in total. The lowest BCUT2D eigenvalue weighted by atomic mass is 10.1. The largest absolute Gasteiger partial charge is 0.320 e. The molecule has 0 radical (unpaired) electrons. The van der Waals surface area contributed by atoms with E-state index in [1.54, 1.807) is 0 Å². The molecule has 14 heavy (non-hydrogen) atoms. The number of hydrogen-bond acceptors (Lipinski definition) is 2. The lowest BCUT2D eigenvalue weighted by molar-refractivity contribution is 0.411. The third-order valence-corrected chi connectivity index (χ3v) is 3.49. The predicted molar refractivity (Wildman–Crippen MR) is 60.4 cm³/mol. The fourth-order valence-electron chi connectivity index (χ4n) is 2.32. The van der Waals surface area contributed by atoms with Gasteiger partial charge in [0.15, 0.2) is 0 Å². The molecule has 0 atom stereocenters. The van der Waals surface area contributed by atoms with Crippen molar-refractivity contribution >= 4 is 0 Å². The molecule has 2 saturated carbocycles. The summed E-state index contributed by atoms with van der Waals surface area (Å²) in [7, 11) is 2.03. The molecule has 0 amide bonds. The number of unbranched alkanes of at least 4 members (excludes halogenated alkanes) is 1. The van der Waals surface area contributed by atoms with Crippen LogP contribution in [0.3, 0.4) is 0 Å². The van der Waals surface area contributed by atoms with Gasteiger partial charge in [0.2, 0.25) is 0 Å². The maximum Gasteiger partial charge on any atom is 0.0124 e. The second-order valence-electron chi connectivity index (χ2n) is 4.97. The van der Waals surface area contributed by atoms with Crippen LogP contribution in [0, 0.1) is 11.8 Å². The van der Waals surface area contributed by atoms with Gasteiger partial charge < -0.3 is 10.6 Å². The third kappa shape index (κ3) is 3.25. The molecule has 0 aromatic heterocycles. The van der Waals surface area contributed by atoms with E-state index in [9.17, 15) is 0 Å². The van der Waals surface area contributed by atoms with E-state index >= 15 is 0 Å². The minimum atomic E-state index is 0.893. The van der Waals surface area contributed by atoms with Crippen LogP contribution in [0.15, 0.2) is 0 Å². The summed E-state index contributed by atoms with van der Waals surface area (Å²) in [5.41, 5.74) is 0. The predicted octanol–water partition coefficient (Wildman–Crippen LogP) is 1.76. The zero-order valence-corrected chi connectivity index (χ0v) is 9.39. The first-order valence-corrected chi connectivity index (χ1v) is 6.30. The molecule has 2 heteroatoms. The molecule has 0 spiro atoms. The highest BCUT2D eigenvalue weighted by molar-refractivity contribution is 4.96. The Kier molecular flexibility index (Phi) is 3.82. The SMILES string of the molecule is CNCCCCNC(C1CC1)C1CC1. The molecule has 0 aromatic carbocycles. The van der Waals surface area contributed by atoms with Crippen LogP contribution in [-0.2, 0) is 0 Å². The first-order chi connectivity index (χ1) is 6.92. The fraction of sp³-hybridized carbons (Fsp3) is 1.00. The van der Waals surface area contributed by atoms with Gasteiger partial charge in [0.25, 0.3) is 0 Å². The van der Waals surface area contributed by atoms with Crippen LogP contribution in [0.4, 0.5) is 0 Å². The second-order valence-corrected chi connectivity index (χ2v) is 4.97. The van der Waals surface area contributed by atoms with Crippen LogP contribution in [0.5, 0.6) is 0 Å². The van der Waals surface area contributed by atoms with E-state index in [1.807, 2.05) is 7.05 Å². The van der Waals surface area contributed by atoms with Gasteiger partial charge in [-0.05, 0) is 70.5 Å². The molecule has 2 rings (SSSR count). The van der Waals surface area contributed by atoms with Crippen molar-refractivity contribution in [2.24, 2.45) is 11.8 Å². The number of rotatable bonds is 8. The lowest BCUT2D eigenvalue weighted by Gasteiger charge is -2.17. The average molecular weight is 196 g/mol. The Morgan fingerprint density at radius 2 is 1.57 bits per heavy atom. The van der Waals surface area contributed by atoms with Crippen LogP contribution in [0.1, 0.15) is 38.5 Å². The van der Waals surface area contributed by atoms with Crippen molar-refractivity contribution in [3.63, 3.8) is 0 Å². The molecule has 0 aliphatic heterocycles. The summed E-state index contributed by atoms with van der Waals surface area (Å²) >= 11 is 0. The summed E-state index contributed by atoms with van der Waals surface area (Å²) < 4.78 is 0.